The number of nitrogens with one attached hydrogen (secondary N) is 1. The van der Waals surface area contributed by atoms with E-state index in [2.05, 4.69) is 5.32 Å². The van der Waals surface area contributed by atoms with Crippen LogP contribution in [0.15, 0.2) is 24.3 Å². The quantitative estimate of drug-likeness (QED) is 0.615. The number of benzene rings is 1. The van der Waals surface area contributed by atoms with Crippen molar-refractivity contribution in [2.75, 3.05) is 12.3 Å². The summed E-state index contributed by atoms with van der Waals surface area (Å²) in [5, 5.41) is 2.96. The molecule has 4 nitrogen and oxygen atoms in total. The van der Waals surface area contributed by atoms with Crippen molar-refractivity contribution in [2.24, 2.45) is 0 Å². The van der Waals surface area contributed by atoms with Gasteiger partial charge < -0.3 is 15.8 Å². The average Bonchev–Trinajstić information content (AvgIpc) is 2.77. The minimum atomic E-state index is -0.366. The number of halogens is 1. The standard InChI is InChI=1S/C18H28N2O2.ClH/c1-14(22-17-6-4-2-3-5-7-17)18(21)20-13-12-15-8-10-16(19)11-9-15;/h8-11,14,17H,2-7,12-13,19H2,1H3,(H,20,21);1H. The van der Waals surface area contributed by atoms with Crippen LogP contribution in [0.2, 0.25) is 0 Å². The molecule has 1 aliphatic carbocycles. The first-order valence-electron chi connectivity index (χ1n) is 8.43. The smallest absolute Gasteiger partial charge is 0.248 e. The number of carbonyl (C=O) groups is 1. The molecule has 0 bridgehead atoms. The highest BCUT2D eigenvalue weighted by Crippen LogP contribution is 2.20. The molecule has 1 unspecified atom stereocenters. The van der Waals surface area contributed by atoms with Gasteiger partial charge in [0.2, 0.25) is 5.91 Å². The Morgan fingerprint density at radius 1 is 1.22 bits per heavy atom. The van der Waals surface area contributed by atoms with Crippen LogP contribution in [0, 0.1) is 0 Å². The SMILES string of the molecule is CC(OC1CCCCCC1)C(=O)NCCc1ccc(N)cc1.Cl. The third-order valence-corrected chi connectivity index (χ3v) is 4.26. The van der Waals surface area contributed by atoms with Gasteiger partial charge >= 0.3 is 0 Å². The number of ether oxygens (including phenoxy) is 1. The first kappa shape index (κ1) is 19.8. The maximum absolute atomic E-state index is 12.1. The molecular weight excluding hydrogens is 312 g/mol. The van der Waals surface area contributed by atoms with E-state index in [4.69, 9.17) is 10.5 Å². The molecule has 0 heterocycles. The third-order valence-electron chi connectivity index (χ3n) is 4.26. The van der Waals surface area contributed by atoms with Crippen molar-refractivity contribution < 1.29 is 9.53 Å². The van der Waals surface area contributed by atoms with E-state index < -0.39 is 0 Å². The second kappa shape index (κ2) is 10.5. The Balaban J connectivity index is 0.00000264. The van der Waals surface area contributed by atoms with E-state index >= 15 is 0 Å². The fraction of sp³-hybridized carbons (Fsp3) is 0.611. The van der Waals surface area contributed by atoms with Crippen molar-refractivity contribution in [3.05, 3.63) is 29.8 Å². The topological polar surface area (TPSA) is 64.3 Å². The summed E-state index contributed by atoms with van der Waals surface area (Å²) < 4.78 is 5.92. The van der Waals surface area contributed by atoms with Gasteiger partial charge in [-0.3, -0.25) is 4.79 Å². The van der Waals surface area contributed by atoms with Gasteiger partial charge in [-0.1, -0.05) is 37.8 Å². The highest BCUT2D eigenvalue weighted by atomic mass is 35.5. The van der Waals surface area contributed by atoms with Gasteiger partial charge in [0.25, 0.3) is 0 Å². The molecule has 23 heavy (non-hydrogen) atoms. The zero-order valence-corrected chi connectivity index (χ0v) is 14.7. The largest absolute Gasteiger partial charge is 0.399 e. The maximum atomic E-state index is 12.1. The number of hydrogen-bond donors (Lipinski definition) is 2. The average molecular weight is 341 g/mol. The lowest BCUT2D eigenvalue weighted by atomic mass is 10.1. The molecule has 0 aliphatic heterocycles. The van der Waals surface area contributed by atoms with Crippen LogP contribution in [-0.4, -0.2) is 24.7 Å². The zero-order valence-electron chi connectivity index (χ0n) is 13.9. The third kappa shape index (κ3) is 7.23. The van der Waals surface area contributed by atoms with Crippen molar-refractivity contribution in [3.63, 3.8) is 0 Å². The molecule has 1 aromatic rings. The molecule has 0 saturated heterocycles. The number of rotatable bonds is 6. The van der Waals surface area contributed by atoms with E-state index in [0.717, 1.165) is 24.9 Å². The predicted octanol–water partition coefficient (Wildman–Crippen LogP) is 3.48. The van der Waals surface area contributed by atoms with Crippen molar-refractivity contribution >= 4 is 24.0 Å². The Morgan fingerprint density at radius 2 is 1.83 bits per heavy atom. The van der Waals surface area contributed by atoms with Gasteiger partial charge in [-0.2, -0.15) is 0 Å². The molecule has 5 heteroatoms. The number of hydrogen-bond acceptors (Lipinski definition) is 3. The number of nitrogen functional groups attached to an aromatic ring is 1. The lowest BCUT2D eigenvalue weighted by Gasteiger charge is -2.20. The molecule has 1 fully saturated rings. The molecule has 1 saturated carbocycles. The number of carbonyl (C=O) groups excluding carboxylic acids is 1. The monoisotopic (exact) mass is 340 g/mol. The van der Waals surface area contributed by atoms with Gasteiger partial charge in [0.15, 0.2) is 0 Å². The Bertz CT molecular complexity index is 457. The van der Waals surface area contributed by atoms with Crippen molar-refractivity contribution in [1.29, 1.82) is 0 Å². The number of anilines is 1. The van der Waals surface area contributed by atoms with Gasteiger partial charge in [-0.15, -0.1) is 12.4 Å². The minimum Gasteiger partial charge on any atom is -0.399 e. The Hall–Kier alpha value is -1.26. The molecule has 0 spiro atoms. The van der Waals surface area contributed by atoms with Crippen molar-refractivity contribution in [3.8, 4) is 0 Å². The van der Waals surface area contributed by atoms with E-state index in [1.807, 2.05) is 31.2 Å². The molecule has 1 aromatic carbocycles. The summed E-state index contributed by atoms with van der Waals surface area (Å²) in [4.78, 5) is 12.1. The van der Waals surface area contributed by atoms with Crippen LogP contribution in [0.25, 0.3) is 0 Å². The fourth-order valence-electron chi connectivity index (χ4n) is 2.89. The summed E-state index contributed by atoms with van der Waals surface area (Å²) in [6.07, 6.45) is 7.89. The summed E-state index contributed by atoms with van der Waals surface area (Å²) in [6, 6.07) is 7.75. The van der Waals surface area contributed by atoms with Crippen LogP contribution < -0.4 is 11.1 Å². The van der Waals surface area contributed by atoms with Crippen LogP contribution >= 0.6 is 12.4 Å². The summed E-state index contributed by atoms with van der Waals surface area (Å²) in [5.74, 6) is -0.0142. The van der Waals surface area contributed by atoms with E-state index in [-0.39, 0.29) is 30.5 Å². The maximum Gasteiger partial charge on any atom is 0.248 e. The van der Waals surface area contributed by atoms with Crippen LogP contribution in [0.1, 0.15) is 51.0 Å². The van der Waals surface area contributed by atoms with E-state index in [0.29, 0.717) is 6.54 Å². The zero-order chi connectivity index (χ0) is 15.8. The molecular formula is C18H29ClN2O2. The second-order valence-electron chi connectivity index (χ2n) is 6.17. The molecule has 1 amide bonds. The van der Waals surface area contributed by atoms with Gasteiger partial charge in [0.1, 0.15) is 6.10 Å². The first-order chi connectivity index (χ1) is 10.6. The van der Waals surface area contributed by atoms with Gasteiger partial charge in [-0.25, -0.2) is 0 Å². The highest BCUT2D eigenvalue weighted by molar-refractivity contribution is 5.85. The van der Waals surface area contributed by atoms with Crippen LogP contribution in [0.3, 0.4) is 0 Å². The van der Waals surface area contributed by atoms with Crippen LogP contribution in [0.5, 0.6) is 0 Å². The Morgan fingerprint density at radius 3 is 2.43 bits per heavy atom. The fourth-order valence-corrected chi connectivity index (χ4v) is 2.89. The normalized spacial score (nSPS) is 16.9. The predicted molar refractivity (Wildman–Crippen MR) is 96.9 cm³/mol. The molecule has 0 aromatic heterocycles. The summed E-state index contributed by atoms with van der Waals surface area (Å²) in [5.41, 5.74) is 7.59. The number of amides is 1. The van der Waals surface area contributed by atoms with E-state index in [1.165, 1.54) is 31.2 Å². The first-order valence-corrected chi connectivity index (χ1v) is 8.43. The molecule has 0 radical (unpaired) electrons. The lowest BCUT2D eigenvalue weighted by Crippen LogP contribution is -2.37. The van der Waals surface area contributed by atoms with Crippen molar-refractivity contribution in [2.45, 2.75) is 64.1 Å². The van der Waals surface area contributed by atoms with Gasteiger partial charge in [-0.05, 0) is 43.9 Å². The van der Waals surface area contributed by atoms with Crippen LogP contribution in [0.4, 0.5) is 5.69 Å². The molecule has 1 aliphatic rings. The van der Waals surface area contributed by atoms with Gasteiger partial charge in [0.05, 0.1) is 6.10 Å². The van der Waals surface area contributed by atoms with E-state index in [1.54, 1.807) is 0 Å². The van der Waals surface area contributed by atoms with Crippen LogP contribution in [-0.2, 0) is 16.0 Å². The summed E-state index contributed by atoms with van der Waals surface area (Å²) in [7, 11) is 0. The van der Waals surface area contributed by atoms with Gasteiger partial charge in [0, 0.05) is 12.2 Å². The highest BCUT2D eigenvalue weighted by Gasteiger charge is 2.20. The Labute approximate surface area is 145 Å². The molecule has 130 valence electrons. The molecule has 3 N–H and O–H groups in total. The number of nitrogens with two attached hydrogens (primary N) is 1. The summed E-state index contributed by atoms with van der Waals surface area (Å²) >= 11 is 0. The lowest BCUT2D eigenvalue weighted by molar-refractivity contribution is -0.135. The van der Waals surface area contributed by atoms with E-state index in [9.17, 15) is 4.79 Å². The summed E-state index contributed by atoms with van der Waals surface area (Å²) in [6.45, 7) is 2.48. The van der Waals surface area contributed by atoms with Crippen molar-refractivity contribution in [1.82, 2.24) is 5.32 Å². The molecule has 2 rings (SSSR count). The Kier molecular flexibility index (Phi) is 9.03. The molecule has 1 atom stereocenters. The second-order valence-corrected chi connectivity index (χ2v) is 6.17. The minimum absolute atomic E-state index is 0.